The topological polar surface area (TPSA) is 36.4 Å². The van der Waals surface area contributed by atoms with Gasteiger partial charge < -0.3 is 4.90 Å². The van der Waals surface area contributed by atoms with Gasteiger partial charge in [-0.25, -0.2) is 0 Å². The molecule has 0 amide bonds. The minimum Gasteiger partial charge on any atom is -0.367 e. The van der Waals surface area contributed by atoms with Crippen LogP contribution in [0.5, 0.6) is 0 Å². The van der Waals surface area contributed by atoms with E-state index in [9.17, 15) is 4.79 Å². The predicted molar refractivity (Wildman–Crippen MR) is 76.2 cm³/mol. The van der Waals surface area contributed by atoms with Crippen LogP contribution < -0.4 is 4.90 Å². The number of nitrogens with zero attached hydrogens (tertiary/aromatic N) is 3. The summed E-state index contributed by atoms with van der Waals surface area (Å²) in [5, 5.41) is 0. The largest absolute Gasteiger partial charge is 0.367 e. The fourth-order valence-corrected chi connectivity index (χ4v) is 2.58. The first kappa shape index (κ1) is 13.5. The summed E-state index contributed by atoms with van der Waals surface area (Å²) in [6, 6.07) is 2.56. The average Bonchev–Trinajstić information content (AvgIpc) is 2.39. The monoisotopic (exact) mass is 311 g/mol. The molecule has 0 aromatic carbocycles. The number of aromatic nitrogens is 1. The zero-order valence-electron chi connectivity index (χ0n) is 10.8. The van der Waals surface area contributed by atoms with Crippen LogP contribution in [0.25, 0.3) is 0 Å². The Kier molecular flexibility index (Phi) is 4.35. The summed E-state index contributed by atoms with van der Waals surface area (Å²) in [4.78, 5) is 19.9. The van der Waals surface area contributed by atoms with E-state index in [1.54, 1.807) is 6.20 Å². The molecule has 1 aromatic heterocycles. The van der Waals surface area contributed by atoms with Gasteiger partial charge >= 0.3 is 0 Å². The molecule has 2 heterocycles. The summed E-state index contributed by atoms with van der Waals surface area (Å²) in [7, 11) is 0. The third-order valence-electron chi connectivity index (χ3n) is 3.36. The molecule has 5 heteroatoms. The van der Waals surface area contributed by atoms with E-state index in [-0.39, 0.29) is 0 Å². The van der Waals surface area contributed by atoms with E-state index in [2.05, 4.69) is 44.6 Å². The SMILES string of the molecule is CC(C)N1CCN(c2cc(Br)cnc2C=O)CC1. The Labute approximate surface area is 116 Å². The summed E-state index contributed by atoms with van der Waals surface area (Å²) >= 11 is 3.41. The van der Waals surface area contributed by atoms with E-state index in [4.69, 9.17) is 0 Å². The van der Waals surface area contributed by atoms with Gasteiger partial charge in [-0.2, -0.15) is 0 Å². The molecule has 1 aromatic rings. The Bertz CT molecular complexity index is 428. The second-order valence-corrected chi connectivity index (χ2v) is 5.71. The first-order valence-corrected chi connectivity index (χ1v) is 7.01. The second kappa shape index (κ2) is 5.80. The summed E-state index contributed by atoms with van der Waals surface area (Å²) in [6.07, 6.45) is 2.49. The van der Waals surface area contributed by atoms with Gasteiger partial charge in [-0.05, 0) is 35.8 Å². The highest BCUT2D eigenvalue weighted by Crippen LogP contribution is 2.23. The first-order chi connectivity index (χ1) is 8.61. The van der Waals surface area contributed by atoms with Crippen molar-refractivity contribution in [3.63, 3.8) is 0 Å². The fraction of sp³-hybridized carbons (Fsp3) is 0.538. The Morgan fingerprint density at radius 3 is 2.56 bits per heavy atom. The number of hydrogen-bond donors (Lipinski definition) is 0. The van der Waals surface area contributed by atoms with Gasteiger partial charge in [0.1, 0.15) is 5.69 Å². The molecule has 1 saturated heterocycles. The number of pyridine rings is 1. The molecule has 0 spiro atoms. The maximum Gasteiger partial charge on any atom is 0.170 e. The normalized spacial score (nSPS) is 17.2. The molecule has 1 aliphatic heterocycles. The van der Waals surface area contributed by atoms with E-state index in [0.29, 0.717) is 11.7 Å². The van der Waals surface area contributed by atoms with Crippen molar-refractivity contribution in [2.24, 2.45) is 0 Å². The number of carbonyl (C=O) groups is 1. The molecule has 1 fully saturated rings. The molecule has 18 heavy (non-hydrogen) atoms. The van der Waals surface area contributed by atoms with Crippen LogP contribution >= 0.6 is 15.9 Å². The number of halogens is 1. The van der Waals surface area contributed by atoms with Crippen LogP contribution in [0.2, 0.25) is 0 Å². The van der Waals surface area contributed by atoms with Crippen molar-refractivity contribution in [1.82, 2.24) is 9.88 Å². The smallest absolute Gasteiger partial charge is 0.170 e. The van der Waals surface area contributed by atoms with Crippen molar-refractivity contribution >= 4 is 27.9 Å². The zero-order chi connectivity index (χ0) is 13.1. The maximum absolute atomic E-state index is 11.0. The van der Waals surface area contributed by atoms with Crippen LogP contribution in [0.1, 0.15) is 24.3 Å². The van der Waals surface area contributed by atoms with Crippen molar-refractivity contribution in [2.75, 3.05) is 31.1 Å². The third-order valence-corrected chi connectivity index (χ3v) is 3.79. The number of carbonyl (C=O) groups excluding carboxylic acids is 1. The van der Waals surface area contributed by atoms with Gasteiger partial charge in [0.05, 0.1) is 5.69 Å². The molecule has 0 saturated carbocycles. The summed E-state index contributed by atoms with van der Waals surface area (Å²) in [6.45, 7) is 8.37. The van der Waals surface area contributed by atoms with Gasteiger partial charge in [0.2, 0.25) is 0 Å². The summed E-state index contributed by atoms with van der Waals surface area (Å²) in [5.74, 6) is 0. The minimum absolute atomic E-state index is 0.524. The third kappa shape index (κ3) is 2.90. The van der Waals surface area contributed by atoms with E-state index >= 15 is 0 Å². The quantitative estimate of drug-likeness (QED) is 0.802. The van der Waals surface area contributed by atoms with Crippen LogP contribution in [0.4, 0.5) is 5.69 Å². The molecule has 4 nitrogen and oxygen atoms in total. The van der Waals surface area contributed by atoms with Crippen molar-refractivity contribution in [2.45, 2.75) is 19.9 Å². The highest BCUT2D eigenvalue weighted by atomic mass is 79.9. The van der Waals surface area contributed by atoms with Crippen LogP contribution in [-0.4, -0.2) is 48.4 Å². The maximum atomic E-state index is 11.0. The van der Waals surface area contributed by atoms with Crippen LogP contribution in [0, 0.1) is 0 Å². The molecule has 0 N–H and O–H groups in total. The number of aldehydes is 1. The lowest BCUT2D eigenvalue weighted by atomic mass is 10.2. The molecular weight excluding hydrogens is 294 g/mol. The highest BCUT2D eigenvalue weighted by Gasteiger charge is 2.21. The number of rotatable bonds is 3. The lowest BCUT2D eigenvalue weighted by molar-refractivity contribution is 0.111. The van der Waals surface area contributed by atoms with Crippen LogP contribution in [-0.2, 0) is 0 Å². The number of hydrogen-bond acceptors (Lipinski definition) is 4. The van der Waals surface area contributed by atoms with Crippen molar-refractivity contribution < 1.29 is 4.79 Å². The average molecular weight is 312 g/mol. The van der Waals surface area contributed by atoms with E-state index < -0.39 is 0 Å². The first-order valence-electron chi connectivity index (χ1n) is 6.21. The van der Waals surface area contributed by atoms with Gasteiger partial charge in [0, 0.05) is 42.9 Å². The molecule has 0 aliphatic carbocycles. The van der Waals surface area contributed by atoms with Gasteiger partial charge in [0.25, 0.3) is 0 Å². The molecule has 98 valence electrons. The standard InChI is InChI=1S/C13H18BrN3O/c1-10(2)16-3-5-17(6-4-16)13-7-11(14)8-15-12(13)9-18/h7-10H,3-6H2,1-2H3. The van der Waals surface area contributed by atoms with Gasteiger partial charge in [-0.15, -0.1) is 0 Å². The van der Waals surface area contributed by atoms with Gasteiger partial charge in [-0.3, -0.25) is 14.7 Å². The van der Waals surface area contributed by atoms with Crippen molar-refractivity contribution in [3.05, 3.63) is 22.4 Å². The van der Waals surface area contributed by atoms with Crippen molar-refractivity contribution in [1.29, 1.82) is 0 Å². The molecule has 0 radical (unpaired) electrons. The fourth-order valence-electron chi connectivity index (χ4n) is 2.26. The van der Waals surface area contributed by atoms with Crippen molar-refractivity contribution in [3.8, 4) is 0 Å². The summed E-state index contributed by atoms with van der Waals surface area (Å²) < 4.78 is 0.911. The zero-order valence-corrected chi connectivity index (χ0v) is 12.4. The summed E-state index contributed by atoms with van der Waals surface area (Å²) in [5.41, 5.74) is 1.46. The second-order valence-electron chi connectivity index (χ2n) is 4.79. The van der Waals surface area contributed by atoms with Crippen LogP contribution in [0.3, 0.4) is 0 Å². The van der Waals surface area contributed by atoms with E-state index in [1.807, 2.05) is 6.07 Å². The minimum atomic E-state index is 0.524. The molecule has 0 unspecified atom stereocenters. The molecule has 0 bridgehead atoms. The van der Waals surface area contributed by atoms with E-state index in [1.165, 1.54) is 0 Å². The number of anilines is 1. The molecule has 2 rings (SSSR count). The Morgan fingerprint density at radius 1 is 1.33 bits per heavy atom. The Morgan fingerprint density at radius 2 is 2.00 bits per heavy atom. The predicted octanol–water partition coefficient (Wildman–Crippen LogP) is 2.19. The lowest BCUT2D eigenvalue weighted by Gasteiger charge is -2.38. The molecule has 0 atom stereocenters. The Balaban J connectivity index is 2.14. The van der Waals surface area contributed by atoms with Gasteiger partial charge in [0.15, 0.2) is 6.29 Å². The highest BCUT2D eigenvalue weighted by molar-refractivity contribution is 9.10. The van der Waals surface area contributed by atoms with Gasteiger partial charge in [-0.1, -0.05) is 0 Å². The molecular formula is C13H18BrN3O. The number of piperazine rings is 1. The Hall–Kier alpha value is -0.940. The lowest BCUT2D eigenvalue weighted by Crippen LogP contribution is -2.49. The van der Waals surface area contributed by atoms with E-state index in [0.717, 1.165) is 42.6 Å². The van der Waals surface area contributed by atoms with Crippen LogP contribution in [0.15, 0.2) is 16.7 Å². The molecule has 1 aliphatic rings.